The van der Waals surface area contributed by atoms with Gasteiger partial charge in [-0.25, -0.2) is 8.42 Å². The molecule has 0 bridgehead atoms. The number of rotatable bonds is 6. The van der Waals surface area contributed by atoms with E-state index >= 15 is 0 Å². The molecule has 0 aromatic heterocycles. The van der Waals surface area contributed by atoms with Crippen LogP contribution in [0.15, 0.2) is 71.0 Å². The van der Waals surface area contributed by atoms with Crippen LogP contribution in [0.5, 0.6) is 5.75 Å². The second-order valence-corrected chi connectivity index (χ2v) is 7.15. The summed E-state index contributed by atoms with van der Waals surface area (Å²) < 4.78 is 29.4. The fourth-order valence-corrected chi connectivity index (χ4v) is 3.35. The fourth-order valence-electron chi connectivity index (χ4n) is 1.94. The van der Waals surface area contributed by atoms with Crippen molar-refractivity contribution >= 4 is 21.4 Å². The SMILES string of the molecule is COc1ccc(S(=O)(=O)C=CC(Cl)Cc2ccccc2)cc1. The zero-order valence-electron chi connectivity index (χ0n) is 12.1. The molecule has 0 aliphatic rings. The van der Waals surface area contributed by atoms with Crippen molar-refractivity contribution in [2.24, 2.45) is 0 Å². The molecule has 0 amide bonds. The quantitative estimate of drug-likeness (QED) is 0.753. The predicted octanol–water partition coefficient (Wildman–Crippen LogP) is 3.83. The molecule has 0 fully saturated rings. The lowest BCUT2D eigenvalue weighted by atomic mass is 10.1. The highest BCUT2D eigenvalue weighted by molar-refractivity contribution is 7.94. The number of sulfone groups is 1. The molecule has 0 N–H and O–H groups in total. The first-order valence-corrected chi connectivity index (χ1v) is 8.75. The average molecular weight is 337 g/mol. The summed E-state index contributed by atoms with van der Waals surface area (Å²) in [5, 5.41) is 0.783. The van der Waals surface area contributed by atoms with Crippen molar-refractivity contribution < 1.29 is 13.2 Å². The molecular weight excluding hydrogens is 320 g/mol. The second-order valence-electron chi connectivity index (χ2n) is 4.75. The standard InChI is InChI=1S/C17H17ClO3S/c1-21-16-7-9-17(10-8-16)22(19,20)12-11-15(18)13-14-5-3-2-4-6-14/h2-12,15H,13H2,1H3. The monoisotopic (exact) mass is 336 g/mol. The third-order valence-electron chi connectivity index (χ3n) is 3.13. The lowest BCUT2D eigenvalue weighted by Crippen LogP contribution is -2.02. The highest BCUT2D eigenvalue weighted by Crippen LogP contribution is 2.18. The minimum absolute atomic E-state index is 0.216. The van der Waals surface area contributed by atoms with E-state index in [1.54, 1.807) is 12.1 Å². The number of benzene rings is 2. The minimum Gasteiger partial charge on any atom is -0.497 e. The number of halogens is 1. The van der Waals surface area contributed by atoms with Crippen LogP contribution >= 0.6 is 11.6 Å². The van der Waals surface area contributed by atoms with Crippen LogP contribution in [0.3, 0.4) is 0 Å². The third kappa shape index (κ3) is 4.61. The van der Waals surface area contributed by atoms with Gasteiger partial charge in [-0.15, -0.1) is 11.6 Å². The van der Waals surface area contributed by atoms with Gasteiger partial charge in [0.2, 0.25) is 0 Å². The Labute approximate surface area is 136 Å². The van der Waals surface area contributed by atoms with Gasteiger partial charge < -0.3 is 4.74 Å². The largest absolute Gasteiger partial charge is 0.497 e. The van der Waals surface area contributed by atoms with Gasteiger partial charge in [-0.3, -0.25) is 0 Å². The molecule has 3 nitrogen and oxygen atoms in total. The Morgan fingerprint density at radius 1 is 1.09 bits per heavy atom. The van der Waals surface area contributed by atoms with Crippen molar-refractivity contribution in [3.05, 3.63) is 71.6 Å². The maximum atomic E-state index is 12.2. The highest BCUT2D eigenvalue weighted by atomic mass is 35.5. The molecule has 0 aliphatic heterocycles. The molecule has 1 atom stereocenters. The Bertz CT molecular complexity index is 722. The van der Waals surface area contributed by atoms with Crippen molar-refractivity contribution in [2.45, 2.75) is 16.7 Å². The summed E-state index contributed by atoms with van der Waals surface area (Å²) in [5.41, 5.74) is 1.06. The van der Waals surface area contributed by atoms with E-state index in [4.69, 9.17) is 16.3 Å². The molecule has 0 heterocycles. The van der Waals surface area contributed by atoms with E-state index in [-0.39, 0.29) is 10.3 Å². The molecule has 0 aliphatic carbocycles. The average Bonchev–Trinajstić information content (AvgIpc) is 2.54. The van der Waals surface area contributed by atoms with Gasteiger partial charge in [-0.05, 0) is 36.2 Å². The first-order chi connectivity index (χ1) is 10.5. The molecule has 0 radical (unpaired) electrons. The summed E-state index contributed by atoms with van der Waals surface area (Å²) in [5.74, 6) is 0.613. The number of methoxy groups -OCH3 is 1. The van der Waals surface area contributed by atoms with E-state index in [2.05, 4.69) is 0 Å². The van der Waals surface area contributed by atoms with E-state index in [0.717, 1.165) is 11.0 Å². The van der Waals surface area contributed by atoms with E-state index in [0.29, 0.717) is 12.2 Å². The summed E-state index contributed by atoms with van der Waals surface area (Å²) in [6, 6.07) is 16.0. The Balaban J connectivity index is 2.06. The lowest BCUT2D eigenvalue weighted by molar-refractivity contribution is 0.414. The highest BCUT2D eigenvalue weighted by Gasteiger charge is 2.11. The molecule has 5 heteroatoms. The Morgan fingerprint density at radius 2 is 1.73 bits per heavy atom. The predicted molar refractivity (Wildman–Crippen MR) is 89.1 cm³/mol. The zero-order chi connectivity index (χ0) is 16.0. The van der Waals surface area contributed by atoms with Crippen molar-refractivity contribution in [2.75, 3.05) is 7.11 Å². The molecule has 2 rings (SSSR count). The molecule has 0 spiro atoms. The zero-order valence-corrected chi connectivity index (χ0v) is 13.7. The number of hydrogen-bond acceptors (Lipinski definition) is 3. The molecule has 2 aromatic rings. The molecule has 0 saturated carbocycles. The Kier molecular flexibility index (Phi) is 5.63. The molecule has 0 saturated heterocycles. The lowest BCUT2D eigenvalue weighted by Gasteiger charge is -2.05. The smallest absolute Gasteiger partial charge is 0.199 e. The van der Waals surface area contributed by atoms with Gasteiger partial charge in [-0.2, -0.15) is 0 Å². The van der Waals surface area contributed by atoms with Crippen LogP contribution in [0, 0.1) is 0 Å². The van der Waals surface area contributed by atoms with Crippen molar-refractivity contribution in [1.82, 2.24) is 0 Å². The Morgan fingerprint density at radius 3 is 2.32 bits per heavy atom. The molecule has 1 unspecified atom stereocenters. The number of alkyl halides is 1. The summed E-state index contributed by atoms with van der Waals surface area (Å²) in [7, 11) is -1.96. The van der Waals surface area contributed by atoms with Gasteiger partial charge in [0, 0.05) is 5.41 Å². The molecular formula is C17H17ClO3S. The van der Waals surface area contributed by atoms with E-state index in [9.17, 15) is 8.42 Å². The van der Waals surface area contributed by atoms with Crippen LogP contribution in [0.1, 0.15) is 5.56 Å². The summed E-state index contributed by atoms with van der Waals surface area (Å²) in [4.78, 5) is 0.216. The normalized spacial score (nSPS) is 13.2. The number of allylic oxidation sites excluding steroid dienone is 1. The van der Waals surface area contributed by atoms with Crippen molar-refractivity contribution in [1.29, 1.82) is 0 Å². The van der Waals surface area contributed by atoms with E-state index in [1.807, 2.05) is 30.3 Å². The topological polar surface area (TPSA) is 43.4 Å². The van der Waals surface area contributed by atoms with Crippen LogP contribution in [0.4, 0.5) is 0 Å². The van der Waals surface area contributed by atoms with Gasteiger partial charge in [-0.1, -0.05) is 36.4 Å². The van der Waals surface area contributed by atoms with Crippen molar-refractivity contribution in [3.8, 4) is 5.75 Å². The maximum absolute atomic E-state index is 12.2. The molecule has 2 aromatic carbocycles. The van der Waals surface area contributed by atoms with Gasteiger partial charge >= 0.3 is 0 Å². The Hall–Kier alpha value is -1.78. The van der Waals surface area contributed by atoms with Crippen LogP contribution in [-0.2, 0) is 16.3 Å². The van der Waals surface area contributed by atoms with E-state index in [1.165, 1.54) is 25.3 Å². The third-order valence-corrected chi connectivity index (χ3v) is 4.87. The number of ether oxygens (including phenoxy) is 1. The van der Waals surface area contributed by atoms with E-state index < -0.39 is 9.84 Å². The van der Waals surface area contributed by atoms with Crippen LogP contribution < -0.4 is 4.74 Å². The summed E-state index contributed by atoms with van der Waals surface area (Å²) in [6.45, 7) is 0. The summed E-state index contributed by atoms with van der Waals surface area (Å²) >= 11 is 6.19. The first kappa shape index (κ1) is 16.6. The number of hydrogen-bond donors (Lipinski definition) is 0. The maximum Gasteiger partial charge on any atom is 0.199 e. The van der Waals surface area contributed by atoms with Crippen molar-refractivity contribution in [3.63, 3.8) is 0 Å². The van der Waals surface area contributed by atoms with Crippen LogP contribution in [-0.4, -0.2) is 20.9 Å². The minimum atomic E-state index is -3.49. The van der Waals surface area contributed by atoms with Gasteiger partial charge in [0.25, 0.3) is 0 Å². The van der Waals surface area contributed by atoms with Gasteiger partial charge in [0.05, 0.1) is 17.4 Å². The molecule has 116 valence electrons. The van der Waals surface area contributed by atoms with Gasteiger partial charge in [0.1, 0.15) is 5.75 Å². The molecule has 22 heavy (non-hydrogen) atoms. The second kappa shape index (κ2) is 7.47. The van der Waals surface area contributed by atoms with Crippen LogP contribution in [0.2, 0.25) is 0 Å². The fraction of sp³-hybridized carbons (Fsp3) is 0.176. The van der Waals surface area contributed by atoms with Gasteiger partial charge in [0.15, 0.2) is 9.84 Å². The first-order valence-electron chi connectivity index (χ1n) is 6.76. The summed E-state index contributed by atoms with van der Waals surface area (Å²) in [6.07, 6.45) is 2.09. The van der Waals surface area contributed by atoms with Crippen LogP contribution in [0.25, 0.3) is 0 Å².